The molecule has 2 heterocycles. The van der Waals surface area contributed by atoms with Gasteiger partial charge in [-0.2, -0.15) is 5.10 Å². The molecule has 0 bridgehead atoms. The van der Waals surface area contributed by atoms with Crippen molar-refractivity contribution >= 4 is 23.6 Å². The number of nitrogens with zero attached hydrogens (tertiary/aromatic N) is 2. The van der Waals surface area contributed by atoms with Gasteiger partial charge in [0.2, 0.25) is 5.91 Å². The van der Waals surface area contributed by atoms with E-state index in [0.29, 0.717) is 16.5 Å². The van der Waals surface area contributed by atoms with E-state index in [0.717, 1.165) is 5.69 Å². The van der Waals surface area contributed by atoms with Crippen LogP contribution in [0.25, 0.3) is 6.08 Å². The Kier molecular flexibility index (Phi) is 4.73. The van der Waals surface area contributed by atoms with Crippen LogP contribution >= 0.6 is 11.6 Å². The third-order valence-electron chi connectivity index (χ3n) is 3.26. The third kappa shape index (κ3) is 3.58. The second kappa shape index (κ2) is 6.37. The second-order valence-corrected chi connectivity index (χ2v) is 5.57. The van der Waals surface area contributed by atoms with Crippen LogP contribution < -0.4 is 5.32 Å². The summed E-state index contributed by atoms with van der Waals surface area (Å²) in [7, 11) is 1.73. The lowest BCUT2D eigenvalue weighted by Gasteiger charge is -2.20. The quantitative estimate of drug-likeness (QED) is 0.825. The summed E-state index contributed by atoms with van der Waals surface area (Å²) in [5, 5.41) is 17.5. The van der Waals surface area contributed by atoms with Crippen molar-refractivity contribution in [1.82, 2.24) is 15.1 Å². The zero-order valence-corrected chi connectivity index (χ0v) is 13.4. The fourth-order valence-electron chi connectivity index (χ4n) is 1.99. The molecule has 0 radical (unpaired) electrons. The van der Waals surface area contributed by atoms with Gasteiger partial charge in [-0.3, -0.25) is 9.48 Å². The summed E-state index contributed by atoms with van der Waals surface area (Å²) in [6.45, 7) is 3.41. The Morgan fingerprint density at radius 1 is 1.64 bits per heavy atom. The molecule has 0 spiro atoms. The minimum absolute atomic E-state index is 0.0312. The summed E-state index contributed by atoms with van der Waals surface area (Å²) < 4.78 is 6.68. The molecule has 2 N–H and O–H groups in total. The SMILES string of the molecule is Cc1nn(C)c(Cl)c1C=CC(=O)NCC(C)(O)c1ccco1. The topological polar surface area (TPSA) is 80.3 Å². The van der Waals surface area contributed by atoms with Gasteiger partial charge in [0.1, 0.15) is 16.5 Å². The third-order valence-corrected chi connectivity index (χ3v) is 3.70. The lowest BCUT2D eigenvalue weighted by atomic mass is 10.0. The Morgan fingerprint density at radius 3 is 2.91 bits per heavy atom. The first-order valence-corrected chi connectivity index (χ1v) is 7.10. The van der Waals surface area contributed by atoms with E-state index in [1.165, 1.54) is 17.0 Å². The first kappa shape index (κ1) is 16.3. The Labute approximate surface area is 133 Å². The molecule has 0 aromatic carbocycles. The highest BCUT2D eigenvalue weighted by Crippen LogP contribution is 2.21. The summed E-state index contributed by atoms with van der Waals surface area (Å²) >= 11 is 6.08. The largest absolute Gasteiger partial charge is 0.466 e. The minimum Gasteiger partial charge on any atom is -0.466 e. The number of carbonyl (C=O) groups excluding carboxylic acids is 1. The van der Waals surface area contributed by atoms with Crippen LogP contribution in [-0.4, -0.2) is 27.3 Å². The van der Waals surface area contributed by atoms with Crippen LogP contribution in [0, 0.1) is 6.92 Å². The van der Waals surface area contributed by atoms with Crippen LogP contribution in [0.1, 0.15) is 23.9 Å². The maximum absolute atomic E-state index is 11.9. The van der Waals surface area contributed by atoms with E-state index < -0.39 is 5.60 Å². The van der Waals surface area contributed by atoms with Crippen molar-refractivity contribution in [1.29, 1.82) is 0 Å². The molecule has 1 unspecified atom stereocenters. The van der Waals surface area contributed by atoms with Crippen molar-refractivity contribution in [2.75, 3.05) is 6.54 Å². The summed E-state index contributed by atoms with van der Waals surface area (Å²) in [6.07, 6.45) is 4.43. The van der Waals surface area contributed by atoms with Crippen LogP contribution in [0.2, 0.25) is 5.15 Å². The van der Waals surface area contributed by atoms with Gasteiger partial charge < -0.3 is 14.8 Å². The summed E-state index contributed by atoms with van der Waals surface area (Å²) in [5.41, 5.74) is 0.158. The summed E-state index contributed by atoms with van der Waals surface area (Å²) in [6, 6.07) is 3.33. The molecular formula is C15H18ClN3O3. The highest BCUT2D eigenvalue weighted by atomic mass is 35.5. The molecule has 1 atom stereocenters. The molecule has 2 aromatic heterocycles. The van der Waals surface area contributed by atoms with E-state index in [-0.39, 0.29) is 12.5 Å². The average Bonchev–Trinajstić information content (AvgIpc) is 3.06. The molecule has 1 amide bonds. The fourth-order valence-corrected chi connectivity index (χ4v) is 2.22. The zero-order valence-electron chi connectivity index (χ0n) is 12.6. The molecule has 0 aliphatic rings. The number of furan rings is 1. The predicted molar refractivity (Wildman–Crippen MR) is 83.3 cm³/mol. The van der Waals surface area contributed by atoms with Gasteiger partial charge in [0, 0.05) is 18.7 Å². The Hall–Kier alpha value is -2.05. The molecule has 6 nitrogen and oxygen atoms in total. The van der Waals surface area contributed by atoms with Crippen LogP contribution in [0.3, 0.4) is 0 Å². The molecular weight excluding hydrogens is 306 g/mol. The van der Waals surface area contributed by atoms with Crippen molar-refractivity contribution in [2.45, 2.75) is 19.4 Å². The fraction of sp³-hybridized carbons (Fsp3) is 0.333. The van der Waals surface area contributed by atoms with E-state index in [1.807, 2.05) is 6.92 Å². The van der Waals surface area contributed by atoms with Crippen molar-refractivity contribution in [3.05, 3.63) is 46.6 Å². The number of amides is 1. The standard InChI is InChI=1S/C15H18ClN3O3/c1-10-11(14(16)19(3)18-10)6-7-13(20)17-9-15(2,21)12-5-4-8-22-12/h4-8,21H,9H2,1-3H3,(H,17,20). The van der Waals surface area contributed by atoms with Crippen molar-refractivity contribution in [3.8, 4) is 0 Å². The smallest absolute Gasteiger partial charge is 0.244 e. The van der Waals surface area contributed by atoms with Gasteiger partial charge in [-0.15, -0.1) is 0 Å². The van der Waals surface area contributed by atoms with Gasteiger partial charge in [-0.05, 0) is 32.1 Å². The first-order valence-electron chi connectivity index (χ1n) is 6.72. The summed E-state index contributed by atoms with van der Waals surface area (Å²) in [4.78, 5) is 11.9. The van der Waals surface area contributed by atoms with Gasteiger partial charge in [0.15, 0.2) is 0 Å². The normalized spacial score (nSPS) is 14.2. The zero-order chi connectivity index (χ0) is 16.3. The van der Waals surface area contributed by atoms with Crippen molar-refractivity contribution in [3.63, 3.8) is 0 Å². The molecule has 118 valence electrons. The van der Waals surface area contributed by atoms with Gasteiger partial charge in [0.25, 0.3) is 0 Å². The Bertz CT molecular complexity index is 687. The number of nitrogens with one attached hydrogen (secondary N) is 1. The average molecular weight is 324 g/mol. The number of hydrogen-bond donors (Lipinski definition) is 2. The molecule has 0 saturated heterocycles. The predicted octanol–water partition coefficient (Wildman–Crippen LogP) is 2.01. The monoisotopic (exact) mass is 323 g/mol. The molecule has 2 aromatic rings. The minimum atomic E-state index is -1.27. The molecule has 7 heteroatoms. The molecule has 0 saturated carbocycles. The van der Waals surface area contributed by atoms with Gasteiger partial charge in [-0.1, -0.05) is 11.6 Å². The van der Waals surface area contributed by atoms with E-state index in [9.17, 15) is 9.90 Å². The van der Waals surface area contributed by atoms with Crippen LogP contribution in [0.15, 0.2) is 28.9 Å². The number of carbonyl (C=O) groups is 1. The molecule has 0 aliphatic heterocycles. The molecule has 0 fully saturated rings. The van der Waals surface area contributed by atoms with Crippen LogP contribution in [0.4, 0.5) is 0 Å². The van der Waals surface area contributed by atoms with Crippen LogP contribution in [0.5, 0.6) is 0 Å². The van der Waals surface area contributed by atoms with E-state index in [4.69, 9.17) is 16.0 Å². The Morgan fingerprint density at radius 2 is 2.36 bits per heavy atom. The molecule has 22 heavy (non-hydrogen) atoms. The number of aliphatic hydroxyl groups is 1. The number of halogens is 1. The molecule has 0 aliphatic carbocycles. The number of aryl methyl sites for hydroxylation is 2. The number of hydrogen-bond acceptors (Lipinski definition) is 4. The lowest BCUT2D eigenvalue weighted by Crippen LogP contribution is -2.37. The summed E-state index contributed by atoms with van der Waals surface area (Å²) in [5.74, 6) is 0.0501. The van der Waals surface area contributed by atoms with E-state index in [1.54, 1.807) is 32.2 Å². The van der Waals surface area contributed by atoms with E-state index in [2.05, 4.69) is 10.4 Å². The number of rotatable bonds is 5. The van der Waals surface area contributed by atoms with Gasteiger partial charge in [-0.25, -0.2) is 0 Å². The van der Waals surface area contributed by atoms with Crippen molar-refractivity contribution < 1.29 is 14.3 Å². The second-order valence-electron chi connectivity index (χ2n) is 5.22. The first-order chi connectivity index (χ1) is 10.3. The highest BCUT2D eigenvalue weighted by molar-refractivity contribution is 6.31. The maximum atomic E-state index is 11.9. The highest BCUT2D eigenvalue weighted by Gasteiger charge is 2.26. The van der Waals surface area contributed by atoms with E-state index >= 15 is 0 Å². The Balaban J connectivity index is 1.97. The van der Waals surface area contributed by atoms with Crippen LogP contribution in [-0.2, 0) is 17.4 Å². The molecule has 2 rings (SSSR count). The lowest BCUT2D eigenvalue weighted by molar-refractivity contribution is -0.117. The number of aromatic nitrogens is 2. The van der Waals surface area contributed by atoms with Crippen molar-refractivity contribution in [2.24, 2.45) is 7.05 Å². The maximum Gasteiger partial charge on any atom is 0.244 e. The van der Waals surface area contributed by atoms with Gasteiger partial charge in [0.05, 0.1) is 18.5 Å². The van der Waals surface area contributed by atoms with Gasteiger partial charge >= 0.3 is 0 Å².